The van der Waals surface area contributed by atoms with Gasteiger partial charge in [0, 0.05) is 38.7 Å². The molecule has 3 aromatic rings. The first-order valence-electron chi connectivity index (χ1n) is 9.40. The van der Waals surface area contributed by atoms with E-state index in [1.54, 1.807) is 19.0 Å². The third-order valence-corrected chi connectivity index (χ3v) is 5.60. The maximum absolute atomic E-state index is 12.8. The van der Waals surface area contributed by atoms with Crippen LogP contribution in [0.5, 0.6) is 5.75 Å². The van der Waals surface area contributed by atoms with Gasteiger partial charge in [0.15, 0.2) is 11.9 Å². The van der Waals surface area contributed by atoms with Crippen LogP contribution in [0, 0.1) is 13.8 Å². The van der Waals surface area contributed by atoms with Gasteiger partial charge in [-0.15, -0.1) is 0 Å². The second kappa shape index (κ2) is 6.63. The van der Waals surface area contributed by atoms with Gasteiger partial charge in [-0.3, -0.25) is 4.79 Å². The third-order valence-electron chi connectivity index (χ3n) is 5.60. The van der Waals surface area contributed by atoms with Gasteiger partial charge in [0.05, 0.1) is 11.6 Å². The summed E-state index contributed by atoms with van der Waals surface area (Å²) in [6.45, 7) is 3.93. The molecule has 1 aliphatic rings. The van der Waals surface area contributed by atoms with Crippen molar-refractivity contribution in [2.24, 2.45) is 7.05 Å². The van der Waals surface area contributed by atoms with E-state index in [9.17, 15) is 9.90 Å². The van der Waals surface area contributed by atoms with Gasteiger partial charge < -0.3 is 19.3 Å². The maximum Gasteiger partial charge on any atom is 0.253 e. The number of fused-ring (bicyclic) bond motifs is 3. The van der Waals surface area contributed by atoms with Crippen LogP contribution in [0.15, 0.2) is 30.3 Å². The van der Waals surface area contributed by atoms with Crippen LogP contribution in [-0.2, 0) is 13.5 Å². The van der Waals surface area contributed by atoms with E-state index < -0.39 is 12.2 Å². The number of rotatable bonds is 2. The van der Waals surface area contributed by atoms with E-state index in [1.165, 1.54) is 0 Å². The Morgan fingerprint density at radius 2 is 2.00 bits per heavy atom. The Hall–Kier alpha value is -2.86. The zero-order chi connectivity index (χ0) is 20.2. The number of hydrogen-bond donors (Lipinski definition) is 1. The topological polar surface area (TPSA) is 67.6 Å². The van der Waals surface area contributed by atoms with Gasteiger partial charge in [-0.2, -0.15) is 0 Å². The van der Waals surface area contributed by atoms with E-state index in [0.717, 1.165) is 33.5 Å². The van der Waals surface area contributed by atoms with Crippen LogP contribution in [0.4, 0.5) is 0 Å². The Balaban J connectivity index is 1.95. The first-order valence-corrected chi connectivity index (χ1v) is 9.40. The minimum atomic E-state index is -0.746. The Bertz CT molecular complexity index is 1080. The van der Waals surface area contributed by atoms with E-state index in [-0.39, 0.29) is 5.91 Å². The lowest BCUT2D eigenvalue weighted by Crippen LogP contribution is -2.33. The molecule has 0 saturated heterocycles. The normalized spacial score (nSPS) is 18.6. The molecule has 1 amide bonds. The molecule has 0 radical (unpaired) electrons. The molecule has 1 aliphatic heterocycles. The fourth-order valence-electron chi connectivity index (χ4n) is 3.91. The maximum atomic E-state index is 12.8. The van der Waals surface area contributed by atoms with Crippen molar-refractivity contribution in [2.45, 2.75) is 32.5 Å². The van der Waals surface area contributed by atoms with E-state index in [2.05, 4.69) is 4.98 Å². The zero-order valence-corrected chi connectivity index (χ0v) is 16.9. The number of aliphatic hydroxyl groups excluding tert-OH is 1. The van der Waals surface area contributed by atoms with Crippen LogP contribution in [0.1, 0.15) is 39.0 Å². The average Bonchev–Trinajstić information content (AvgIpc) is 2.95. The summed E-state index contributed by atoms with van der Waals surface area (Å²) in [6, 6.07) is 9.76. The van der Waals surface area contributed by atoms with Crippen LogP contribution < -0.4 is 4.74 Å². The summed E-state index contributed by atoms with van der Waals surface area (Å²) < 4.78 is 8.32. The molecule has 6 heteroatoms. The van der Waals surface area contributed by atoms with Gasteiger partial charge in [-0.05, 0) is 31.0 Å². The highest BCUT2D eigenvalue weighted by atomic mass is 16.5. The molecule has 2 aromatic carbocycles. The molecular formula is C22H25N3O3. The fraction of sp³-hybridized carbons (Fsp3) is 0.364. The summed E-state index contributed by atoms with van der Waals surface area (Å²) in [7, 11) is 5.38. The number of nitrogens with zero attached hydrogens (tertiary/aromatic N) is 3. The van der Waals surface area contributed by atoms with Crippen molar-refractivity contribution in [3.63, 3.8) is 0 Å². The Morgan fingerprint density at radius 1 is 1.29 bits per heavy atom. The predicted octanol–water partition coefficient (Wildman–Crippen LogP) is 2.93. The number of aromatic nitrogens is 2. The molecule has 2 atom stereocenters. The Morgan fingerprint density at radius 3 is 2.68 bits per heavy atom. The molecule has 0 unspecified atom stereocenters. The van der Waals surface area contributed by atoms with E-state index in [4.69, 9.17) is 4.74 Å². The van der Waals surface area contributed by atoms with E-state index in [0.29, 0.717) is 17.7 Å². The van der Waals surface area contributed by atoms with E-state index >= 15 is 0 Å². The quantitative estimate of drug-likeness (QED) is 0.743. The van der Waals surface area contributed by atoms with Crippen molar-refractivity contribution in [2.75, 3.05) is 14.1 Å². The second-order valence-corrected chi connectivity index (χ2v) is 7.68. The number of ether oxygens (including phenoxy) is 1. The molecule has 4 rings (SSSR count). The molecule has 0 bridgehead atoms. The van der Waals surface area contributed by atoms with Crippen LogP contribution in [0.3, 0.4) is 0 Å². The van der Waals surface area contributed by atoms with Gasteiger partial charge in [0.25, 0.3) is 5.91 Å². The van der Waals surface area contributed by atoms with Gasteiger partial charge >= 0.3 is 0 Å². The third kappa shape index (κ3) is 2.76. The van der Waals surface area contributed by atoms with Crippen molar-refractivity contribution < 1.29 is 14.6 Å². The summed E-state index contributed by atoms with van der Waals surface area (Å²) in [4.78, 5) is 19.1. The molecule has 0 spiro atoms. The molecule has 0 fully saturated rings. The lowest BCUT2D eigenvalue weighted by atomic mass is 9.89. The highest BCUT2D eigenvalue weighted by Gasteiger charge is 2.35. The van der Waals surface area contributed by atoms with Crippen molar-refractivity contribution in [3.05, 3.63) is 58.4 Å². The smallest absolute Gasteiger partial charge is 0.253 e. The number of benzene rings is 2. The molecule has 28 heavy (non-hydrogen) atoms. The minimum absolute atomic E-state index is 0.109. The van der Waals surface area contributed by atoms with Crippen molar-refractivity contribution in [3.8, 4) is 5.75 Å². The number of carbonyl (C=O) groups is 1. The summed E-state index contributed by atoms with van der Waals surface area (Å²) in [6.07, 6.45) is -0.900. The molecule has 146 valence electrons. The summed E-state index contributed by atoms with van der Waals surface area (Å²) in [5.74, 6) is 1.33. The van der Waals surface area contributed by atoms with Gasteiger partial charge in [0.2, 0.25) is 0 Å². The number of amides is 1. The number of aliphatic hydroxyl groups is 1. The fourth-order valence-corrected chi connectivity index (χ4v) is 3.91. The van der Waals surface area contributed by atoms with E-state index in [1.807, 2.05) is 55.8 Å². The highest BCUT2D eigenvalue weighted by Crippen LogP contribution is 2.42. The molecule has 1 N–H and O–H groups in total. The first kappa shape index (κ1) is 18.5. The van der Waals surface area contributed by atoms with Crippen molar-refractivity contribution >= 4 is 16.9 Å². The number of aryl methyl sites for hydroxylation is 3. The second-order valence-electron chi connectivity index (χ2n) is 7.68. The summed E-state index contributed by atoms with van der Waals surface area (Å²) in [5.41, 5.74) is 4.87. The van der Waals surface area contributed by atoms with Crippen molar-refractivity contribution in [1.82, 2.24) is 14.5 Å². The Labute approximate surface area is 164 Å². The first-order chi connectivity index (χ1) is 13.3. The van der Waals surface area contributed by atoms with Crippen molar-refractivity contribution in [1.29, 1.82) is 0 Å². The highest BCUT2D eigenvalue weighted by molar-refractivity contribution is 6.01. The van der Waals surface area contributed by atoms with Crippen LogP contribution in [0.2, 0.25) is 0 Å². The Kier molecular flexibility index (Phi) is 4.38. The average molecular weight is 379 g/mol. The molecular weight excluding hydrogens is 354 g/mol. The molecule has 2 heterocycles. The molecule has 0 aliphatic carbocycles. The number of carbonyl (C=O) groups excluding carboxylic acids is 1. The largest absolute Gasteiger partial charge is 0.480 e. The standard InChI is InChI=1S/C22H25N3O3/c1-12-8-6-7-9-14(12)20-18(26)11-15-16(22(27)24(3)4)10-17-19(21(15)28-20)23-13(2)25(17)5/h6-10,18,20,26H,11H2,1-5H3/t18-,20+/m0/s1. The lowest BCUT2D eigenvalue weighted by molar-refractivity contribution is 0.0211. The number of imidazole rings is 1. The van der Waals surface area contributed by atoms with Crippen LogP contribution in [0.25, 0.3) is 11.0 Å². The minimum Gasteiger partial charge on any atom is -0.480 e. The van der Waals surface area contributed by atoms with Gasteiger partial charge in [-0.1, -0.05) is 24.3 Å². The van der Waals surface area contributed by atoms with Crippen LogP contribution in [-0.4, -0.2) is 45.7 Å². The van der Waals surface area contributed by atoms with Gasteiger partial charge in [0.1, 0.15) is 11.3 Å². The summed E-state index contributed by atoms with van der Waals surface area (Å²) in [5, 5.41) is 10.9. The lowest BCUT2D eigenvalue weighted by Gasteiger charge is -2.33. The SMILES string of the molecule is Cc1ccccc1[C@H]1Oc2c(c(C(=O)N(C)C)cc3c2nc(C)n3C)C[C@@H]1O. The van der Waals surface area contributed by atoms with Gasteiger partial charge in [-0.25, -0.2) is 4.98 Å². The number of hydrogen-bond acceptors (Lipinski definition) is 4. The van der Waals surface area contributed by atoms with Crippen LogP contribution >= 0.6 is 0 Å². The molecule has 6 nitrogen and oxygen atoms in total. The molecule has 0 saturated carbocycles. The summed E-state index contributed by atoms with van der Waals surface area (Å²) >= 11 is 0. The molecule has 1 aromatic heterocycles. The monoisotopic (exact) mass is 379 g/mol. The predicted molar refractivity (Wildman–Crippen MR) is 108 cm³/mol. The zero-order valence-electron chi connectivity index (χ0n) is 16.9.